The molecule has 2 heterocycles. The fourth-order valence-electron chi connectivity index (χ4n) is 2.99. The number of hydrogen-bond donors (Lipinski definition) is 3. The summed E-state index contributed by atoms with van der Waals surface area (Å²) in [5.41, 5.74) is 4.62. The summed E-state index contributed by atoms with van der Waals surface area (Å²) in [6.07, 6.45) is 1.01. The maximum Gasteiger partial charge on any atom is 0.325 e. The van der Waals surface area contributed by atoms with E-state index in [2.05, 4.69) is 10.6 Å². The van der Waals surface area contributed by atoms with Crippen LogP contribution in [-0.4, -0.2) is 86.2 Å². The van der Waals surface area contributed by atoms with Crippen LogP contribution in [0.25, 0.3) is 0 Å². The number of likely N-dealkylation sites (tertiary alicyclic amines) is 1. The molecule has 2 saturated heterocycles. The van der Waals surface area contributed by atoms with Crippen LogP contribution in [0.2, 0.25) is 0 Å². The summed E-state index contributed by atoms with van der Waals surface area (Å²) in [4.78, 5) is 39.3. The molecule has 0 aromatic carbocycles. The molecule has 0 saturated carbocycles. The third-order valence-electron chi connectivity index (χ3n) is 4.30. The van der Waals surface area contributed by atoms with Crippen LogP contribution in [0.5, 0.6) is 0 Å². The summed E-state index contributed by atoms with van der Waals surface area (Å²) >= 11 is 0. The van der Waals surface area contributed by atoms with Crippen LogP contribution in [0.15, 0.2) is 0 Å². The maximum absolute atomic E-state index is 12.5. The number of carbonyl (C=O) groups excluding carboxylic acids is 3. The number of nitrogens with one attached hydrogen (secondary N) is 2. The first kappa shape index (κ1) is 17.6. The first-order valence-electron chi connectivity index (χ1n) is 7.84. The van der Waals surface area contributed by atoms with Crippen LogP contribution >= 0.6 is 0 Å². The number of imide groups is 1. The number of nitrogens with two attached hydrogens (primary N) is 1. The number of piperidine rings is 1. The number of urea groups is 1. The summed E-state index contributed by atoms with van der Waals surface area (Å²) in [6.45, 7) is 2.90. The van der Waals surface area contributed by atoms with E-state index >= 15 is 0 Å². The second kappa shape index (κ2) is 7.71. The minimum Gasteiger partial charge on any atom is -0.383 e. The number of amides is 4. The SMILES string of the molecule is COCCNC(=O)CN1CCC2(CC1)NC(=O)N(CCN)C2=O. The predicted molar refractivity (Wildman–Crippen MR) is 82.6 cm³/mol. The first-order chi connectivity index (χ1) is 11.0. The normalized spacial score (nSPS) is 20.9. The largest absolute Gasteiger partial charge is 0.383 e. The number of hydrogen-bond acceptors (Lipinski definition) is 6. The predicted octanol–water partition coefficient (Wildman–Crippen LogP) is -1.91. The molecule has 4 amide bonds. The summed E-state index contributed by atoms with van der Waals surface area (Å²) in [6, 6.07) is -0.369. The number of carbonyl (C=O) groups is 3. The third-order valence-corrected chi connectivity index (χ3v) is 4.30. The number of nitrogens with zero attached hydrogens (tertiary/aromatic N) is 2. The molecule has 9 heteroatoms. The molecule has 0 atom stereocenters. The van der Waals surface area contributed by atoms with E-state index in [1.54, 1.807) is 7.11 Å². The molecule has 0 radical (unpaired) electrons. The first-order valence-corrected chi connectivity index (χ1v) is 7.84. The Bertz CT molecular complexity index is 462. The maximum atomic E-state index is 12.5. The molecule has 0 bridgehead atoms. The molecule has 130 valence electrons. The van der Waals surface area contributed by atoms with E-state index in [1.165, 1.54) is 4.90 Å². The Morgan fingerprint density at radius 1 is 1.39 bits per heavy atom. The van der Waals surface area contributed by atoms with Crippen LogP contribution in [0.1, 0.15) is 12.8 Å². The van der Waals surface area contributed by atoms with Gasteiger partial charge in [0.1, 0.15) is 5.54 Å². The lowest BCUT2D eigenvalue weighted by Crippen LogP contribution is -2.56. The second-order valence-electron chi connectivity index (χ2n) is 5.88. The molecule has 2 aliphatic heterocycles. The van der Waals surface area contributed by atoms with Crippen molar-refractivity contribution in [3.05, 3.63) is 0 Å². The van der Waals surface area contributed by atoms with Crippen molar-refractivity contribution in [2.75, 3.05) is 53.0 Å². The van der Waals surface area contributed by atoms with Gasteiger partial charge in [-0.3, -0.25) is 19.4 Å². The Morgan fingerprint density at radius 2 is 2.09 bits per heavy atom. The molecule has 9 nitrogen and oxygen atoms in total. The van der Waals surface area contributed by atoms with Crippen LogP contribution in [0.3, 0.4) is 0 Å². The summed E-state index contributed by atoms with van der Waals surface area (Å²) in [5, 5.41) is 5.57. The molecule has 0 aliphatic carbocycles. The third kappa shape index (κ3) is 3.98. The van der Waals surface area contributed by atoms with E-state index in [0.29, 0.717) is 39.1 Å². The van der Waals surface area contributed by atoms with Gasteiger partial charge in [-0.15, -0.1) is 0 Å². The molecule has 0 aromatic heterocycles. The molecule has 2 fully saturated rings. The zero-order valence-electron chi connectivity index (χ0n) is 13.5. The van der Waals surface area contributed by atoms with Crippen molar-refractivity contribution in [2.45, 2.75) is 18.4 Å². The molecule has 4 N–H and O–H groups in total. The highest BCUT2D eigenvalue weighted by Gasteiger charge is 2.51. The van der Waals surface area contributed by atoms with Crippen LogP contribution in [0.4, 0.5) is 4.79 Å². The Morgan fingerprint density at radius 3 is 2.70 bits per heavy atom. The molecule has 23 heavy (non-hydrogen) atoms. The van der Waals surface area contributed by atoms with Crippen molar-refractivity contribution in [3.63, 3.8) is 0 Å². The molecule has 0 aromatic rings. The van der Waals surface area contributed by atoms with Gasteiger partial charge in [0.25, 0.3) is 5.91 Å². The topological polar surface area (TPSA) is 117 Å². The smallest absolute Gasteiger partial charge is 0.325 e. The van der Waals surface area contributed by atoms with Crippen molar-refractivity contribution in [2.24, 2.45) is 5.73 Å². The standard InChI is InChI=1S/C14H25N5O4/c1-23-9-5-16-11(20)10-18-6-2-14(3-7-18)12(21)19(8-4-15)13(22)17-14/h2-10,15H2,1H3,(H,16,20)(H,17,22). The lowest BCUT2D eigenvalue weighted by atomic mass is 9.87. The average Bonchev–Trinajstić information content (AvgIpc) is 2.75. The minimum atomic E-state index is -0.824. The van der Waals surface area contributed by atoms with Crippen molar-refractivity contribution in [1.82, 2.24) is 20.4 Å². The van der Waals surface area contributed by atoms with Crippen molar-refractivity contribution in [1.29, 1.82) is 0 Å². The second-order valence-corrected chi connectivity index (χ2v) is 5.88. The van der Waals surface area contributed by atoms with Gasteiger partial charge in [-0.1, -0.05) is 0 Å². The van der Waals surface area contributed by atoms with E-state index in [-0.39, 0.29) is 37.5 Å². The number of ether oxygens (including phenoxy) is 1. The van der Waals surface area contributed by atoms with Gasteiger partial charge < -0.3 is 21.1 Å². The highest BCUT2D eigenvalue weighted by atomic mass is 16.5. The van der Waals surface area contributed by atoms with Gasteiger partial charge in [0.15, 0.2) is 0 Å². The van der Waals surface area contributed by atoms with Crippen molar-refractivity contribution in [3.8, 4) is 0 Å². The Kier molecular flexibility index (Phi) is 5.91. The zero-order chi connectivity index (χ0) is 16.9. The molecule has 2 aliphatic rings. The van der Waals surface area contributed by atoms with Gasteiger partial charge in [0.05, 0.1) is 13.2 Å². The fourth-order valence-corrected chi connectivity index (χ4v) is 2.99. The van der Waals surface area contributed by atoms with Crippen molar-refractivity contribution < 1.29 is 19.1 Å². The Hall–Kier alpha value is -1.71. The van der Waals surface area contributed by atoms with Gasteiger partial charge in [-0.25, -0.2) is 4.79 Å². The van der Waals surface area contributed by atoms with Gasteiger partial charge in [-0.2, -0.15) is 0 Å². The van der Waals surface area contributed by atoms with Crippen molar-refractivity contribution >= 4 is 17.8 Å². The van der Waals surface area contributed by atoms with Gasteiger partial charge in [0.2, 0.25) is 5.91 Å². The molecular formula is C14H25N5O4. The van der Waals surface area contributed by atoms with Crippen LogP contribution in [0, 0.1) is 0 Å². The summed E-state index contributed by atoms with van der Waals surface area (Å²) < 4.78 is 4.88. The average molecular weight is 327 g/mol. The molecule has 2 rings (SSSR count). The van der Waals surface area contributed by atoms with E-state index in [9.17, 15) is 14.4 Å². The molecule has 1 spiro atoms. The monoisotopic (exact) mass is 327 g/mol. The lowest BCUT2D eigenvalue weighted by molar-refractivity contribution is -0.133. The zero-order valence-corrected chi connectivity index (χ0v) is 13.5. The molecular weight excluding hydrogens is 302 g/mol. The Balaban J connectivity index is 1.83. The minimum absolute atomic E-state index is 0.0652. The van der Waals surface area contributed by atoms with Crippen LogP contribution < -0.4 is 16.4 Å². The van der Waals surface area contributed by atoms with E-state index in [4.69, 9.17) is 10.5 Å². The highest BCUT2D eigenvalue weighted by Crippen LogP contribution is 2.29. The highest BCUT2D eigenvalue weighted by molar-refractivity contribution is 6.07. The van der Waals surface area contributed by atoms with E-state index in [1.807, 2.05) is 4.90 Å². The van der Waals surface area contributed by atoms with Crippen LogP contribution in [-0.2, 0) is 14.3 Å². The van der Waals surface area contributed by atoms with E-state index in [0.717, 1.165) is 0 Å². The van der Waals surface area contributed by atoms with Gasteiger partial charge in [-0.05, 0) is 12.8 Å². The van der Waals surface area contributed by atoms with E-state index < -0.39 is 5.54 Å². The quantitative estimate of drug-likeness (QED) is 0.371. The fraction of sp³-hybridized carbons (Fsp3) is 0.786. The lowest BCUT2D eigenvalue weighted by Gasteiger charge is -2.36. The number of rotatable bonds is 7. The summed E-state index contributed by atoms with van der Waals surface area (Å²) in [5.74, 6) is -0.262. The molecule has 0 unspecified atom stereocenters. The Labute approximate surface area is 135 Å². The number of methoxy groups -OCH3 is 1. The van der Waals surface area contributed by atoms with Gasteiger partial charge >= 0.3 is 6.03 Å². The van der Waals surface area contributed by atoms with Gasteiger partial charge in [0, 0.05) is 39.8 Å². The summed E-state index contributed by atoms with van der Waals surface area (Å²) in [7, 11) is 1.58.